The molecule has 0 aliphatic carbocycles. The number of benzene rings is 2. The molecule has 1 fully saturated rings. The molecule has 0 atom stereocenters. The topological polar surface area (TPSA) is 49.9 Å². The average molecular weight is 366 g/mol. The SMILES string of the molecule is CC(C)N(Cc1ccccc1)C(=O)c1ccc(C(=O)N2CCOCC2)cc1. The largest absolute Gasteiger partial charge is 0.378 e. The molecule has 27 heavy (non-hydrogen) atoms. The van der Waals surface area contributed by atoms with Crippen LogP contribution < -0.4 is 0 Å². The number of morpholine rings is 1. The van der Waals surface area contributed by atoms with Gasteiger partial charge in [0.1, 0.15) is 0 Å². The van der Waals surface area contributed by atoms with E-state index in [0.29, 0.717) is 44.0 Å². The zero-order chi connectivity index (χ0) is 19.2. The Morgan fingerprint density at radius 2 is 1.56 bits per heavy atom. The van der Waals surface area contributed by atoms with Gasteiger partial charge in [-0.3, -0.25) is 9.59 Å². The Morgan fingerprint density at radius 1 is 0.963 bits per heavy atom. The van der Waals surface area contributed by atoms with Crippen LogP contribution in [0, 0.1) is 0 Å². The van der Waals surface area contributed by atoms with Crippen molar-refractivity contribution in [1.82, 2.24) is 9.80 Å². The Bertz CT molecular complexity index is 766. The molecule has 2 amide bonds. The lowest BCUT2D eigenvalue weighted by Gasteiger charge is -2.28. The highest BCUT2D eigenvalue weighted by molar-refractivity contribution is 5.98. The van der Waals surface area contributed by atoms with Crippen molar-refractivity contribution < 1.29 is 14.3 Å². The maximum atomic E-state index is 13.0. The summed E-state index contributed by atoms with van der Waals surface area (Å²) < 4.78 is 5.29. The quantitative estimate of drug-likeness (QED) is 0.816. The molecule has 3 rings (SSSR count). The number of hydrogen-bond donors (Lipinski definition) is 0. The molecule has 2 aromatic rings. The molecule has 0 unspecified atom stereocenters. The zero-order valence-electron chi connectivity index (χ0n) is 15.9. The van der Waals surface area contributed by atoms with Gasteiger partial charge in [-0.1, -0.05) is 30.3 Å². The lowest BCUT2D eigenvalue weighted by Crippen LogP contribution is -2.40. The first kappa shape index (κ1) is 19.1. The fourth-order valence-electron chi connectivity index (χ4n) is 3.14. The number of ether oxygens (including phenoxy) is 1. The smallest absolute Gasteiger partial charge is 0.254 e. The van der Waals surface area contributed by atoms with Crippen molar-refractivity contribution in [2.45, 2.75) is 26.4 Å². The highest BCUT2D eigenvalue weighted by Crippen LogP contribution is 2.15. The predicted molar refractivity (Wildman–Crippen MR) is 105 cm³/mol. The number of amides is 2. The van der Waals surface area contributed by atoms with Gasteiger partial charge in [-0.2, -0.15) is 0 Å². The van der Waals surface area contributed by atoms with Crippen LogP contribution in [0.4, 0.5) is 0 Å². The second-order valence-corrected chi connectivity index (χ2v) is 6.99. The molecule has 0 N–H and O–H groups in total. The molecule has 0 radical (unpaired) electrons. The van der Waals surface area contributed by atoms with E-state index in [4.69, 9.17) is 4.74 Å². The second-order valence-electron chi connectivity index (χ2n) is 6.99. The predicted octanol–water partition coefficient (Wildman–Crippen LogP) is 3.21. The van der Waals surface area contributed by atoms with Gasteiger partial charge in [-0.25, -0.2) is 0 Å². The van der Waals surface area contributed by atoms with Gasteiger partial charge < -0.3 is 14.5 Å². The summed E-state index contributed by atoms with van der Waals surface area (Å²) in [6.07, 6.45) is 0. The van der Waals surface area contributed by atoms with Crippen molar-refractivity contribution in [3.05, 3.63) is 71.3 Å². The summed E-state index contributed by atoms with van der Waals surface area (Å²) in [7, 11) is 0. The summed E-state index contributed by atoms with van der Waals surface area (Å²) in [5.74, 6) is -0.0403. The first-order chi connectivity index (χ1) is 13.1. The van der Waals surface area contributed by atoms with E-state index in [0.717, 1.165) is 5.56 Å². The van der Waals surface area contributed by atoms with E-state index in [9.17, 15) is 9.59 Å². The Kier molecular flexibility index (Phi) is 6.24. The number of hydrogen-bond acceptors (Lipinski definition) is 3. The molecule has 142 valence electrons. The van der Waals surface area contributed by atoms with Crippen molar-refractivity contribution in [2.24, 2.45) is 0 Å². The molecule has 5 heteroatoms. The lowest BCUT2D eigenvalue weighted by atomic mass is 10.1. The minimum Gasteiger partial charge on any atom is -0.378 e. The highest BCUT2D eigenvalue weighted by Gasteiger charge is 2.21. The van der Waals surface area contributed by atoms with E-state index in [1.807, 2.05) is 49.1 Å². The second kappa shape index (κ2) is 8.82. The van der Waals surface area contributed by atoms with Crippen LogP contribution in [0.15, 0.2) is 54.6 Å². The number of carbonyl (C=O) groups excluding carboxylic acids is 2. The fourth-order valence-corrected chi connectivity index (χ4v) is 3.14. The third kappa shape index (κ3) is 4.74. The lowest BCUT2D eigenvalue weighted by molar-refractivity contribution is 0.0303. The zero-order valence-corrected chi connectivity index (χ0v) is 15.9. The summed E-state index contributed by atoms with van der Waals surface area (Å²) in [4.78, 5) is 29.2. The normalized spacial score (nSPS) is 14.3. The molecule has 0 spiro atoms. The van der Waals surface area contributed by atoms with Gasteiger partial charge in [-0.15, -0.1) is 0 Å². The standard InChI is InChI=1S/C22H26N2O3/c1-17(2)24(16-18-6-4-3-5-7-18)22(26)20-10-8-19(9-11-20)21(25)23-12-14-27-15-13-23/h3-11,17H,12-16H2,1-2H3. The van der Waals surface area contributed by atoms with Crippen LogP contribution in [-0.2, 0) is 11.3 Å². The first-order valence-electron chi connectivity index (χ1n) is 9.38. The summed E-state index contributed by atoms with van der Waals surface area (Å²) in [6.45, 7) is 6.95. The van der Waals surface area contributed by atoms with E-state index in [-0.39, 0.29) is 17.9 Å². The minimum atomic E-state index is -0.0285. The van der Waals surface area contributed by atoms with E-state index in [1.54, 1.807) is 29.2 Å². The van der Waals surface area contributed by atoms with Crippen LogP contribution in [0.1, 0.15) is 40.1 Å². The van der Waals surface area contributed by atoms with Gasteiger partial charge in [0.25, 0.3) is 11.8 Å². The summed E-state index contributed by atoms with van der Waals surface area (Å²) in [5, 5.41) is 0. The third-order valence-corrected chi connectivity index (χ3v) is 4.76. The Labute approximate surface area is 160 Å². The average Bonchev–Trinajstić information content (AvgIpc) is 2.72. The maximum absolute atomic E-state index is 13.0. The van der Waals surface area contributed by atoms with Crippen LogP contribution in [0.25, 0.3) is 0 Å². The maximum Gasteiger partial charge on any atom is 0.254 e. The monoisotopic (exact) mass is 366 g/mol. The summed E-state index contributed by atoms with van der Waals surface area (Å²) in [6, 6.07) is 17.0. The Balaban J connectivity index is 1.72. The Morgan fingerprint density at radius 3 is 2.15 bits per heavy atom. The number of nitrogens with zero attached hydrogens (tertiary/aromatic N) is 2. The molecule has 2 aromatic carbocycles. The van der Waals surface area contributed by atoms with E-state index >= 15 is 0 Å². The number of carbonyl (C=O) groups is 2. The van der Waals surface area contributed by atoms with E-state index in [1.165, 1.54) is 0 Å². The highest BCUT2D eigenvalue weighted by atomic mass is 16.5. The van der Waals surface area contributed by atoms with Gasteiger partial charge in [0, 0.05) is 36.8 Å². The van der Waals surface area contributed by atoms with Crippen molar-refractivity contribution in [3.63, 3.8) is 0 Å². The van der Waals surface area contributed by atoms with E-state index in [2.05, 4.69) is 0 Å². The molecule has 1 aliphatic rings. The first-order valence-corrected chi connectivity index (χ1v) is 9.38. The minimum absolute atomic E-state index is 0.0118. The van der Waals surface area contributed by atoms with Crippen molar-refractivity contribution in [1.29, 1.82) is 0 Å². The summed E-state index contributed by atoms with van der Waals surface area (Å²) >= 11 is 0. The Hall–Kier alpha value is -2.66. The van der Waals surface area contributed by atoms with Crippen LogP contribution in [0.3, 0.4) is 0 Å². The van der Waals surface area contributed by atoms with Gasteiger partial charge in [-0.05, 0) is 43.7 Å². The summed E-state index contributed by atoms with van der Waals surface area (Å²) in [5.41, 5.74) is 2.30. The van der Waals surface area contributed by atoms with Crippen LogP contribution in [-0.4, -0.2) is 54.0 Å². The molecule has 0 saturated carbocycles. The molecule has 1 saturated heterocycles. The van der Waals surface area contributed by atoms with Crippen molar-refractivity contribution >= 4 is 11.8 Å². The van der Waals surface area contributed by atoms with Gasteiger partial charge >= 0.3 is 0 Å². The van der Waals surface area contributed by atoms with Gasteiger partial charge in [0.15, 0.2) is 0 Å². The van der Waals surface area contributed by atoms with Crippen LogP contribution >= 0.6 is 0 Å². The molecular formula is C22H26N2O3. The van der Waals surface area contributed by atoms with Gasteiger partial charge in [0.2, 0.25) is 0 Å². The molecule has 1 heterocycles. The van der Waals surface area contributed by atoms with Gasteiger partial charge in [0.05, 0.1) is 13.2 Å². The van der Waals surface area contributed by atoms with E-state index < -0.39 is 0 Å². The third-order valence-electron chi connectivity index (χ3n) is 4.76. The van der Waals surface area contributed by atoms with Crippen LogP contribution in [0.5, 0.6) is 0 Å². The molecule has 1 aliphatic heterocycles. The molecule has 0 bridgehead atoms. The number of rotatable bonds is 5. The van der Waals surface area contributed by atoms with Crippen molar-refractivity contribution in [3.8, 4) is 0 Å². The molecular weight excluding hydrogens is 340 g/mol. The fraction of sp³-hybridized carbons (Fsp3) is 0.364. The van der Waals surface area contributed by atoms with Crippen LogP contribution in [0.2, 0.25) is 0 Å². The van der Waals surface area contributed by atoms with Crippen molar-refractivity contribution in [2.75, 3.05) is 26.3 Å². The molecule has 5 nitrogen and oxygen atoms in total. The molecule has 0 aromatic heterocycles.